The minimum Gasteiger partial charge on any atom is -0.477 e. The number of pyridine rings is 1. The zero-order valence-electron chi connectivity index (χ0n) is 11.8. The van der Waals surface area contributed by atoms with Crippen LogP contribution in [-0.2, 0) is 11.3 Å². The van der Waals surface area contributed by atoms with Crippen LogP contribution in [0.1, 0.15) is 42.7 Å². The average Bonchev–Trinajstić information content (AvgIpc) is 2.41. The summed E-state index contributed by atoms with van der Waals surface area (Å²) < 4.78 is 0. The van der Waals surface area contributed by atoms with Crippen molar-refractivity contribution in [2.45, 2.75) is 39.3 Å². The van der Waals surface area contributed by atoms with Crippen LogP contribution < -0.4 is 10.6 Å². The Bertz CT molecular complexity index is 443. The molecule has 0 unspecified atom stereocenters. The number of hydrogen-bond donors (Lipinski definition) is 3. The lowest BCUT2D eigenvalue weighted by Crippen LogP contribution is -2.27. The van der Waals surface area contributed by atoms with Crippen molar-refractivity contribution in [2.75, 3.05) is 6.54 Å². The van der Waals surface area contributed by atoms with Crippen LogP contribution in [0.5, 0.6) is 0 Å². The van der Waals surface area contributed by atoms with Crippen LogP contribution in [0.3, 0.4) is 0 Å². The molecule has 3 N–H and O–H groups in total. The van der Waals surface area contributed by atoms with Gasteiger partial charge in [0.2, 0.25) is 5.91 Å². The van der Waals surface area contributed by atoms with Gasteiger partial charge in [-0.05, 0) is 24.6 Å². The van der Waals surface area contributed by atoms with Gasteiger partial charge in [-0.2, -0.15) is 0 Å². The third kappa shape index (κ3) is 6.29. The predicted molar refractivity (Wildman–Crippen MR) is 75.4 cm³/mol. The molecule has 0 aliphatic carbocycles. The zero-order chi connectivity index (χ0) is 15.0. The molecular formula is C14H21N3O3. The number of nitrogens with zero attached hydrogens (tertiary/aromatic N) is 1. The number of aromatic carboxylic acids is 1. The highest BCUT2D eigenvalue weighted by molar-refractivity contribution is 5.85. The van der Waals surface area contributed by atoms with Gasteiger partial charge in [-0.1, -0.05) is 19.9 Å². The number of aromatic nitrogens is 1. The molecule has 0 atom stereocenters. The molecular weight excluding hydrogens is 258 g/mol. The summed E-state index contributed by atoms with van der Waals surface area (Å²) in [4.78, 5) is 26.0. The number of carboxylic acid groups (broad SMARTS) is 1. The molecule has 1 aromatic heterocycles. The lowest BCUT2D eigenvalue weighted by molar-refractivity contribution is -0.121. The maximum atomic E-state index is 11.6. The Hall–Kier alpha value is -1.95. The van der Waals surface area contributed by atoms with E-state index in [4.69, 9.17) is 5.11 Å². The van der Waals surface area contributed by atoms with E-state index < -0.39 is 5.97 Å². The zero-order valence-corrected chi connectivity index (χ0v) is 11.8. The van der Waals surface area contributed by atoms with E-state index in [0.717, 1.165) is 18.5 Å². The van der Waals surface area contributed by atoms with Crippen LogP contribution in [0, 0.1) is 0 Å². The number of amides is 1. The molecule has 0 fully saturated rings. The van der Waals surface area contributed by atoms with Gasteiger partial charge in [0.25, 0.3) is 0 Å². The van der Waals surface area contributed by atoms with Gasteiger partial charge in [0, 0.05) is 25.2 Å². The van der Waals surface area contributed by atoms with Crippen molar-refractivity contribution in [3.63, 3.8) is 0 Å². The summed E-state index contributed by atoms with van der Waals surface area (Å²) in [6.07, 6.45) is 2.73. The first-order chi connectivity index (χ1) is 9.49. The molecule has 0 radical (unpaired) electrons. The van der Waals surface area contributed by atoms with E-state index in [1.165, 1.54) is 12.3 Å². The third-order valence-electron chi connectivity index (χ3n) is 2.67. The molecule has 20 heavy (non-hydrogen) atoms. The molecule has 0 aliphatic rings. The van der Waals surface area contributed by atoms with Crippen LogP contribution in [0.2, 0.25) is 0 Å². The van der Waals surface area contributed by atoms with Crippen LogP contribution >= 0.6 is 0 Å². The van der Waals surface area contributed by atoms with Crippen molar-refractivity contribution in [3.8, 4) is 0 Å². The van der Waals surface area contributed by atoms with E-state index in [-0.39, 0.29) is 11.6 Å². The Balaban J connectivity index is 2.25. The Morgan fingerprint density at radius 3 is 2.65 bits per heavy atom. The maximum absolute atomic E-state index is 11.6. The predicted octanol–water partition coefficient (Wildman–Crippen LogP) is 1.17. The summed E-state index contributed by atoms with van der Waals surface area (Å²) in [5.41, 5.74) is 0.781. The fourth-order valence-corrected chi connectivity index (χ4v) is 1.58. The topological polar surface area (TPSA) is 91.3 Å². The summed E-state index contributed by atoms with van der Waals surface area (Å²) in [6, 6.07) is 3.50. The summed E-state index contributed by atoms with van der Waals surface area (Å²) in [7, 11) is 0. The molecule has 6 heteroatoms. The molecule has 6 nitrogen and oxygen atoms in total. The highest BCUT2D eigenvalue weighted by atomic mass is 16.4. The Morgan fingerprint density at radius 2 is 2.10 bits per heavy atom. The second-order valence-corrected chi connectivity index (χ2v) is 4.85. The van der Waals surface area contributed by atoms with Crippen molar-refractivity contribution < 1.29 is 14.7 Å². The van der Waals surface area contributed by atoms with Crippen molar-refractivity contribution in [1.29, 1.82) is 0 Å². The lowest BCUT2D eigenvalue weighted by Gasteiger charge is -2.08. The van der Waals surface area contributed by atoms with E-state index in [9.17, 15) is 9.59 Å². The highest BCUT2D eigenvalue weighted by Gasteiger charge is 2.05. The summed E-state index contributed by atoms with van der Waals surface area (Å²) in [5.74, 6) is -1.07. The van der Waals surface area contributed by atoms with Gasteiger partial charge in [0.15, 0.2) is 0 Å². The Kier molecular flexibility index (Phi) is 6.66. The molecule has 0 bridgehead atoms. The molecule has 0 spiro atoms. The Labute approximate surface area is 118 Å². The van der Waals surface area contributed by atoms with E-state index in [2.05, 4.69) is 29.5 Å². The smallest absolute Gasteiger partial charge is 0.354 e. The molecule has 1 heterocycles. The number of carboxylic acids is 1. The molecule has 1 amide bonds. The summed E-state index contributed by atoms with van der Waals surface area (Å²) in [5, 5.41) is 14.7. The number of hydrogen-bond acceptors (Lipinski definition) is 4. The average molecular weight is 279 g/mol. The van der Waals surface area contributed by atoms with Gasteiger partial charge in [-0.25, -0.2) is 9.78 Å². The van der Waals surface area contributed by atoms with Gasteiger partial charge in [-0.3, -0.25) is 4.79 Å². The summed E-state index contributed by atoms with van der Waals surface area (Å²) in [6.45, 7) is 5.31. The largest absolute Gasteiger partial charge is 0.477 e. The van der Waals surface area contributed by atoms with E-state index >= 15 is 0 Å². The van der Waals surface area contributed by atoms with Gasteiger partial charge in [0.1, 0.15) is 5.69 Å². The van der Waals surface area contributed by atoms with Gasteiger partial charge < -0.3 is 15.7 Å². The number of carbonyl (C=O) groups excluding carboxylic acids is 1. The first-order valence-electron chi connectivity index (χ1n) is 6.67. The molecule has 0 saturated heterocycles. The number of rotatable bonds is 8. The van der Waals surface area contributed by atoms with Gasteiger partial charge in [-0.15, -0.1) is 0 Å². The minimum absolute atomic E-state index is 0.000152. The molecule has 1 aromatic rings. The maximum Gasteiger partial charge on any atom is 0.354 e. The van der Waals surface area contributed by atoms with Crippen LogP contribution in [0.4, 0.5) is 0 Å². The monoisotopic (exact) mass is 279 g/mol. The molecule has 110 valence electrons. The fraction of sp³-hybridized carbons (Fsp3) is 0.500. The quantitative estimate of drug-likeness (QED) is 0.621. The van der Waals surface area contributed by atoms with E-state index in [0.29, 0.717) is 19.0 Å². The molecule has 1 rings (SSSR count). The molecule has 0 saturated carbocycles. The van der Waals surface area contributed by atoms with Crippen molar-refractivity contribution in [3.05, 3.63) is 29.6 Å². The van der Waals surface area contributed by atoms with Crippen LogP contribution in [-0.4, -0.2) is 34.6 Å². The SMILES string of the molecule is CC(C)NCCCC(=O)NCc1ccc(C(=O)O)nc1. The number of carbonyl (C=O) groups is 2. The minimum atomic E-state index is -1.06. The third-order valence-corrected chi connectivity index (χ3v) is 2.67. The standard InChI is InChI=1S/C14H21N3O3/c1-10(2)15-7-3-4-13(18)17-9-11-5-6-12(14(19)20)16-8-11/h5-6,8,10,15H,3-4,7,9H2,1-2H3,(H,17,18)(H,19,20). The number of nitrogens with one attached hydrogen (secondary N) is 2. The van der Waals surface area contributed by atoms with Gasteiger partial charge >= 0.3 is 5.97 Å². The molecule has 0 aliphatic heterocycles. The second kappa shape index (κ2) is 8.27. The first-order valence-corrected chi connectivity index (χ1v) is 6.67. The summed E-state index contributed by atoms with van der Waals surface area (Å²) >= 11 is 0. The van der Waals surface area contributed by atoms with Crippen molar-refractivity contribution >= 4 is 11.9 Å². The van der Waals surface area contributed by atoms with Crippen LogP contribution in [0.15, 0.2) is 18.3 Å². The Morgan fingerprint density at radius 1 is 1.35 bits per heavy atom. The molecule has 0 aromatic carbocycles. The van der Waals surface area contributed by atoms with Gasteiger partial charge in [0.05, 0.1) is 0 Å². The fourth-order valence-electron chi connectivity index (χ4n) is 1.58. The van der Waals surface area contributed by atoms with Crippen molar-refractivity contribution in [1.82, 2.24) is 15.6 Å². The van der Waals surface area contributed by atoms with E-state index in [1.54, 1.807) is 6.07 Å². The highest BCUT2D eigenvalue weighted by Crippen LogP contribution is 2.00. The van der Waals surface area contributed by atoms with Crippen LogP contribution in [0.25, 0.3) is 0 Å². The normalized spacial score (nSPS) is 10.6. The lowest BCUT2D eigenvalue weighted by atomic mass is 10.2. The first kappa shape index (κ1) is 16.1. The second-order valence-electron chi connectivity index (χ2n) is 4.85. The van der Waals surface area contributed by atoms with Crippen molar-refractivity contribution in [2.24, 2.45) is 0 Å². The van der Waals surface area contributed by atoms with E-state index in [1.807, 2.05) is 0 Å².